The number of pyridine rings is 1. The summed E-state index contributed by atoms with van der Waals surface area (Å²) < 4.78 is 11.6. The smallest absolute Gasteiger partial charge is 0.272 e. The minimum absolute atomic E-state index is 0.202. The van der Waals surface area contributed by atoms with Gasteiger partial charge in [-0.05, 0) is 55.0 Å². The zero-order chi connectivity index (χ0) is 21.3. The number of benzene rings is 2. The van der Waals surface area contributed by atoms with Crippen molar-refractivity contribution >= 4 is 35.3 Å². The molecule has 2 aromatic carbocycles. The van der Waals surface area contributed by atoms with Gasteiger partial charge in [0.1, 0.15) is 6.61 Å². The highest BCUT2D eigenvalue weighted by molar-refractivity contribution is 6.35. The minimum atomic E-state index is -0.346. The van der Waals surface area contributed by atoms with E-state index < -0.39 is 0 Å². The Bertz CT molecular complexity index is 1020. The number of hydrazone groups is 1. The first-order chi connectivity index (χ1) is 14.6. The molecule has 3 rings (SSSR count). The van der Waals surface area contributed by atoms with Crippen LogP contribution in [0.25, 0.3) is 0 Å². The molecule has 0 atom stereocenters. The van der Waals surface area contributed by atoms with Crippen LogP contribution >= 0.6 is 23.2 Å². The van der Waals surface area contributed by atoms with E-state index in [1.54, 1.807) is 54.7 Å². The molecule has 8 heteroatoms. The van der Waals surface area contributed by atoms with E-state index in [0.29, 0.717) is 39.3 Å². The van der Waals surface area contributed by atoms with Crippen LogP contribution in [0, 0.1) is 0 Å². The number of carbonyl (C=O) groups is 1. The number of carbonyl (C=O) groups excluding carboxylic acids is 1. The van der Waals surface area contributed by atoms with Crippen LogP contribution in [0.2, 0.25) is 10.0 Å². The number of ether oxygens (including phenoxy) is 2. The van der Waals surface area contributed by atoms with Gasteiger partial charge in [-0.25, -0.2) is 5.43 Å². The second-order valence-electron chi connectivity index (χ2n) is 6.07. The standard InChI is InChI=1S/C22H19Cl2N3O3/c1-2-29-21-11-15(12-26-27-22(28)16-5-4-10-25-13-16)8-9-20(21)30-14-17-18(23)6-3-7-19(17)24/h3-13H,2,14H2,1H3,(H,27,28)/b26-12-. The molecule has 0 aliphatic heterocycles. The fourth-order valence-electron chi connectivity index (χ4n) is 2.54. The maximum atomic E-state index is 12.0. The molecule has 0 fully saturated rings. The van der Waals surface area contributed by atoms with Crippen LogP contribution in [-0.2, 0) is 6.61 Å². The number of aromatic nitrogens is 1. The van der Waals surface area contributed by atoms with Crippen LogP contribution in [0.5, 0.6) is 11.5 Å². The van der Waals surface area contributed by atoms with E-state index in [9.17, 15) is 4.79 Å². The zero-order valence-electron chi connectivity index (χ0n) is 16.1. The summed E-state index contributed by atoms with van der Waals surface area (Å²) in [4.78, 5) is 15.9. The lowest BCUT2D eigenvalue weighted by molar-refractivity contribution is 0.0955. The predicted octanol–water partition coefficient (Wildman–Crippen LogP) is 5.13. The molecular weight excluding hydrogens is 425 g/mol. The Morgan fingerprint density at radius 3 is 2.60 bits per heavy atom. The molecular formula is C22H19Cl2N3O3. The minimum Gasteiger partial charge on any atom is -0.490 e. The van der Waals surface area contributed by atoms with Crippen molar-refractivity contribution in [2.24, 2.45) is 5.10 Å². The highest BCUT2D eigenvalue weighted by Gasteiger charge is 2.10. The highest BCUT2D eigenvalue weighted by Crippen LogP contribution is 2.31. The Hall–Kier alpha value is -3.09. The molecule has 0 unspecified atom stereocenters. The molecule has 6 nitrogen and oxygen atoms in total. The van der Waals surface area contributed by atoms with Gasteiger partial charge in [-0.2, -0.15) is 5.10 Å². The Morgan fingerprint density at radius 1 is 1.10 bits per heavy atom. The predicted molar refractivity (Wildman–Crippen MR) is 118 cm³/mol. The van der Waals surface area contributed by atoms with E-state index in [4.69, 9.17) is 32.7 Å². The quantitative estimate of drug-likeness (QED) is 0.386. The highest BCUT2D eigenvalue weighted by atomic mass is 35.5. The molecule has 1 aromatic heterocycles. The number of halogens is 2. The molecule has 0 saturated heterocycles. The second-order valence-corrected chi connectivity index (χ2v) is 6.88. The monoisotopic (exact) mass is 443 g/mol. The van der Waals surface area contributed by atoms with Gasteiger partial charge in [0.15, 0.2) is 11.5 Å². The van der Waals surface area contributed by atoms with Crippen molar-refractivity contribution in [3.8, 4) is 11.5 Å². The van der Waals surface area contributed by atoms with Crippen molar-refractivity contribution in [1.29, 1.82) is 0 Å². The van der Waals surface area contributed by atoms with Gasteiger partial charge in [-0.1, -0.05) is 29.3 Å². The molecule has 3 aromatic rings. The molecule has 0 aliphatic rings. The van der Waals surface area contributed by atoms with Crippen LogP contribution in [-0.4, -0.2) is 23.7 Å². The Balaban J connectivity index is 1.69. The zero-order valence-corrected chi connectivity index (χ0v) is 17.7. The topological polar surface area (TPSA) is 72.8 Å². The third-order valence-electron chi connectivity index (χ3n) is 4.00. The van der Waals surface area contributed by atoms with E-state index in [1.165, 1.54) is 12.4 Å². The summed E-state index contributed by atoms with van der Waals surface area (Å²) in [6.45, 7) is 2.54. The lowest BCUT2D eigenvalue weighted by Gasteiger charge is -2.14. The first-order valence-corrected chi connectivity index (χ1v) is 9.90. The van der Waals surface area contributed by atoms with Crippen molar-refractivity contribution in [2.45, 2.75) is 13.5 Å². The summed E-state index contributed by atoms with van der Waals surface area (Å²) in [7, 11) is 0. The first kappa shape index (κ1) is 21.6. The number of hydrogen-bond donors (Lipinski definition) is 1. The fraction of sp³-hybridized carbons (Fsp3) is 0.136. The van der Waals surface area contributed by atoms with Gasteiger partial charge in [-0.3, -0.25) is 9.78 Å². The maximum Gasteiger partial charge on any atom is 0.272 e. The van der Waals surface area contributed by atoms with Gasteiger partial charge in [0.05, 0.1) is 18.4 Å². The molecule has 0 radical (unpaired) electrons. The summed E-state index contributed by atoms with van der Waals surface area (Å²) in [5.41, 5.74) is 4.32. The normalized spacial score (nSPS) is 10.8. The summed E-state index contributed by atoms with van der Waals surface area (Å²) in [6.07, 6.45) is 4.58. The van der Waals surface area contributed by atoms with Crippen molar-refractivity contribution in [2.75, 3.05) is 6.61 Å². The molecule has 1 amide bonds. The Morgan fingerprint density at radius 2 is 1.90 bits per heavy atom. The summed E-state index contributed by atoms with van der Waals surface area (Å²) >= 11 is 12.4. The summed E-state index contributed by atoms with van der Waals surface area (Å²) in [5, 5.41) is 5.05. The van der Waals surface area contributed by atoms with Crippen LogP contribution in [0.15, 0.2) is 66.0 Å². The number of amides is 1. The lowest BCUT2D eigenvalue weighted by atomic mass is 10.2. The van der Waals surface area contributed by atoms with Gasteiger partial charge in [0.25, 0.3) is 5.91 Å². The largest absolute Gasteiger partial charge is 0.490 e. The number of rotatable bonds is 8. The SMILES string of the molecule is CCOc1cc(/C=N\NC(=O)c2cccnc2)ccc1OCc1c(Cl)cccc1Cl. The molecule has 0 aliphatic carbocycles. The summed E-state index contributed by atoms with van der Waals surface area (Å²) in [6, 6.07) is 14.0. The number of nitrogens with zero attached hydrogens (tertiary/aromatic N) is 2. The van der Waals surface area contributed by atoms with Gasteiger partial charge in [0, 0.05) is 28.0 Å². The summed E-state index contributed by atoms with van der Waals surface area (Å²) in [5.74, 6) is 0.744. The average molecular weight is 444 g/mol. The molecule has 0 bridgehead atoms. The average Bonchev–Trinajstić information content (AvgIpc) is 2.75. The fourth-order valence-corrected chi connectivity index (χ4v) is 3.05. The van der Waals surface area contributed by atoms with E-state index in [0.717, 1.165) is 5.56 Å². The molecule has 1 heterocycles. The van der Waals surface area contributed by atoms with Gasteiger partial charge in [0.2, 0.25) is 0 Å². The van der Waals surface area contributed by atoms with E-state index in [2.05, 4.69) is 15.5 Å². The Kier molecular flexibility index (Phi) is 7.65. The van der Waals surface area contributed by atoms with Crippen molar-refractivity contribution in [1.82, 2.24) is 10.4 Å². The van der Waals surface area contributed by atoms with Crippen LogP contribution < -0.4 is 14.9 Å². The van der Waals surface area contributed by atoms with Crippen LogP contribution in [0.4, 0.5) is 0 Å². The van der Waals surface area contributed by atoms with Crippen molar-refractivity contribution in [3.63, 3.8) is 0 Å². The van der Waals surface area contributed by atoms with E-state index in [-0.39, 0.29) is 12.5 Å². The van der Waals surface area contributed by atoms with Gasteiger partial charge >= 0.3 is 0 Å². The van der Waals surface area contributed by atoms with Crippen LogP contribution in [0.1, 0.15) is 28.4 Å². The van der Waals surface area contributed by atoms with Gasteiger partial charge in [-0.15, -0.1) is 0 Å². The third-order valence-corrected chi connectivity index (χ3v) is 4.71. The third kappa shape index (κ3) is 5.72. The number of hydrogen-bond acceptors (Lipinski definition) is 5. The molecule has 0 spiro atoms. The molecule has 1 N–H and O–H groups in total. The molecule has 0 saturated carbocycles. The van der Waals surface area contributed by atoms with Crippen LogP contribution in [0.3, 0.4) is 0 Å². The lowest BCUT2D eigenvalue weighted by Crippen LogP contribution is -2.17. The maximum absolute atomic E-state index is 12.0. The Labute approximate surface area is 184 Å². The van der Waals surface area contributed by atoms with Gasteiger partial charge < -0.3 is 9.47 Å². The molecule has 30 heavy (non-hydrogen) atoms. The number of nitrogens with one attached hydrogen (secondary N) is 1. The van der Waals surface area contributed by atoms with Crippen molar-refractivity contribution in [3.05, 3.63) is 87.7 Å². The molecule has 154 valence electrons. The van der Waals surface area contributed by atoms with E-state index >= 15 is 0 Å². The van der Waals surface area contributed by atoms with Crippen molar-refractivity contribution < 1.29 is 14.3 Å². The second kappa shape index (κ2) is 10.6. The first-order valence-electron chi connectivity index (χ1n) is 9.14. The van der Waals surface area contributed by atoms with E-state index in [1.807, 2.05) is 6.92 Å².